The van der Waals surface area contributed by atoms with E-state index in [0.717, 1.165) is 16.1 Å². The predicted octanol–water partition coefficient (Wildman–Crippen LogP) is 4.61. The van der Waals surface area contributed by atoms with Gasteiger partial charge in [0.25, 0.3) is 0 Å². The molecule has 0 saturated carbocycles. The number of hydrogen-bond acceptors (Lipinski definition) is 3. The van der Waals surface area contributed by atoms with Gasteiger partial charge in [-0.05, 0) is 36.2 Å². The Labute approximate surface area is 160 Å². The lowest BCUT2D eigenvalue weighted by atomic mass is 10.1. The van der Waals surface area contributed by atoms with Gasteiger partial charge < -0.3 is 4.90 Å². The van der Waals surface area contributed by atoms with Gasteiger partial charge in [0, 0.05) is 29.8 Å². The fourth-order valence-electron chi connectivity index (χ4n) is 3.22. The van der Waals surface area contributed by atoms with E-state index >= 15 is 0 Å². The average molecular weight is 384 g/mol. The van der Waals surface area contributed by atoms with Crippen LogP contribution in [-0.2, 0) is 24.2 Å². The van der Waals surface area contributed by atoms with Crippen molar-refractivity contribution >= 4 is 17.2 Å². The first-order valence-corrected chi connectivity index (χ1v) is 9.67. The van der Waals surface area contributed by atoms with Gasteiger partial charge in [-0.3, -0.25) is 4.79 Å². The van der Waals surface area contributed by atoms with Crippen LogP contribution in [0.1, 0.15) is 22.6 Å². The molecule has 0 bridgehead atoms. The maximum Gasteiger partial charge on any atom is 0.223 e. The van der Waals surface area contributed by atoms with Crippen molar-refractivity contribution in [2.75, 3.05) is 6.54 Å². The molecule has 1 aliphatic rings. The Morgan fingerprint density at radius 3 is 2.67 bits per heavy atom. The molecule has 0 radical (unpaired) electrons. The third-order valence-electron chi connectivity index (χ3n) is 4.73. The third kappa shape index (κ3) is 3.90. The van der Waals surface area contributed by atoms with Crippen LogP contribution >= 0.6 is 11.3 Å². The number of aromatic nitrogens is 1. The van der Waals surface area contributed by atoms with E-state index in [9.17, 15) is 13.6 Å². The monoisotopic (exact) mass is 384 g/mol. The highest BCUT2D eigenvalue weighted by Crippen LogP contribution is 2.33. The number of aryl methyl sites for hydroxylation is 1. The van der Waals surface area contributed by atoms with Crippen molar-refractivity contribution in [2.24, 2.45) is 0 Å². The van der Waals surface area contributed by atoms with Crippen LogP contribution in [0.4, 0.5) is 8.78 Å². The predicted molar refractivity (Wildman–Crippen MR) is 101 cm³/mol. The van der Waals surface area contributed by atoms with Gasteiger partial charge in [0.15, 0.2) is 0 Å². The molecule has 3 aromatic rings. The molecule has 0 spiro atoms. The number of halogens is 2. The van der Waals surface area contributed by atoms with Crippen molar-refractivity contribution < 1.29 is 13.6 Å². The van der Waals surface area contributed by atoms with E-state index in [-0.39, 0.29) is 17.5 Å². The van der Waals surface area contributed by atoms with Crippen LogP contribution in [-0.4, -0.2) is 22.3 Å². The zero-order chi connectivity index (χ0) is 18.8. The molecule has 2 aromatic carbocycles. The largest absolute Gasteiger partial charge is 0.337 e. The summed E-state index contributed by atoms with van der Waals surface area (Å²) in [6, 6.07) is 12.9. The lowest BCUT2D eigenvalue weighted by Crippen LogP contribution is -2.35. The van der Waals surface area contributed by atoms with Gasteiger partial charge in [-0.25, -0.2) is 13.8 Å². The van der Waals surface area contributed by atoms with E-state index in [1.807, 2.05) is 4.90 Å². The van der Waals surface area contributed by atoms with E-state index in [2.05, 4.69) is 4.98 Å². The highest BCUT2D eigenvalue weighted by molar-refractivity contribution is 7.15. The fourth-order valence-corrected chi connectivity index (χ4v) is 4.37. The molecule has 1 amide bonds. The number of fused-ring (bicyclic) bond motifs is 1. The fraction of sp³-hybridized carbons (Fsp3) is 0.238. The minimum Gasteiger partial charge on any atom is -0.337 e. The van der Waals surface area contributed by atoms with Gasteiger partial charge in [-0.1, -0.05) is 24.3 Å². The minimum absolute atomic E-state index is 0.0748. The van der Waals surface area contributed by atoms with Crippen LogP contribution in [0.2, 0.25) is 0 Å². The van der Waals surface area contributed by atoms with Gasteiger partial charge >= 0.3 is 0 Å². The van der Waals surface area contributed by atoms with Crippen LogP contribution in [0.15, 0.2) is 48.5 Å². The van der Waals surface area contributed by atoms with E-state index in [0.29, 0.717) is 42.9 Å². The SMILES string of the molecule is O=C(CCc1ccc(F)cc1)N1CCc2nc(-c3ccccc3F)sc2C1. The first kappa shape index (κ1) is 17.8. The van der Waals surface area contributed by atoms with Crippen molar-refractivity contribution in [3.05, 3.63) is 76.3 Å². The standard InChI is InChI=1S/C21H18F2N2OS/c22-15-8-5-14(6-9-15)7-10-20(26)25-12-11-18-19(13-25)27-21(24-18)16-3-1-2-4-17(16)23/h1-6,8-9H,7,10-13H2. The molecule has 1 aliphatic heterocycles. The molecule has 0 saturated heterocycles. The minimum atomic E-state index is -0.282. The van der Waals surface area contributed by atoms with Crippen molar-refractivity contribution in [3.8, 4) is 10.6 Å². The van der Waals surface area contributed by atoms with Crippen LogP contribution in [0.25, 0.3) is 10.6 Å². The van der Waals surface area contributed by atoms with Crippen LogP contribution < -0.4 is 0 Å². The summed E-state index contributed by atoms with van der Waals surface area (Å²) < 4.78 is 27.0. The zero-order valence-corrected chi connectivity index (χ0v) is 15.4. The van der Waals surface area contributed by atoms with Crippen molar-refractivity contribution in [2.45, 2.75) is 25.8 Å². The second-order valence-electron chi connectivity index (χ2n) is 6.56. The molecular formula is C21H18F2N2OS. The maximum absolute atomic E-state index is 14.0. The van der Waals surface area contributed by atoms with Gasteiger partial charge in [-0.15, -0.1) is 11.3 Å². The molecule has 0 fully saturated rings. The van der Waals surface area contributed by atoms with Crippen LogP contribution in [0.5, 0.6) is 0 Å². The normalized spacial score (nSPS) is 13.5. The van der Waals surface area contributed by atoms with Gasteiger partial charge in [0.2, 0.25) is 5.91 Å². The number of nitrogens with zero attached hydrogens (tertiary/aromatic N) is 2. The number of hydrogen-bond donors (Lipinski definition) is 0. The number of carbonyl (C=O) groups excluding carboxylic acids is 1. The zero-order valence-electron chi connectivity index (χ0n) is 14.6. The maximum atomic E-state index is 14.0. The number of thiazole rings is 1. The van der Waals surface area contributed by atoms with Crippen molar-refractivity contribution in [1.29, 1.82) is 0 Å². The number of amides is 1. The summed E-state index contributed by atoms with van der Waals surface area (Å²) in [5.74, 6) is -0.480. The Morgan fingerprint density at radius 1 is 1.11 bits per heavy atom. The Kier molecular flexibility index (Phi) is 4.99. The highest BCUT2D eigenvalue weighted by atomic mass is 32.1. The molecule has 0 aliphatic carbocycles. The Morgan fingerprint density at radius 2 is 1.89 bits per heavy atom. The molecule has 4 rings (SSSR count). The summed E-state index contributed by atoms with van der Waals surface area (Å²) in [6.45, 7) is 1.14. The molecule has 0 N–H and O–H groups in total. The van der Waals surface area contributed by atoms with Crippen LogP contribution in [0.3, 0.4) is 0 Å². The summed E-state index contributed by atoms with van der Waals surface area (Å²) in [5.41, 5.74) is 2.41. The first-order valence-electron chi connectivity index (χ1n) is 8.86. The second kappa shape index (κ2) is 7.56. The van der Waals surface area contributed by atoms with Gasteiger partial charge in [-0.2, -0.15) is 0 Å². The molecule has 3 nitrogen and oxygen atoms in total. The first-order chi connectivity index (χ1) is 13.1. The highest BCUT2D eigenvalue weighted by Gasteiger charge is 2.24. The summed E-state index contributed by atoms with van der Waals surface area (Å²) in [5, 5.41) is 0.665. The molecule has 0 unspecified atom stereocenters. The van der Waals surface area contributed by atoms with E-state index < -0.39 is 0 Å². The van der Waals surface area contributed by atoms with Gasteiger partial charge in [0.1, 0.15) is 16.6 Å². The van der Waals surface area contributed by atoms with E-state index in [1.165, 1.54) is 29.5 Å². The summed E-state index contributed by atoms with van der Waals surface area (Å²) in [7, 11) is 0. The smallest absolute Gasteiger partial charge is 0.223 e. The molecule has 0 atom stereocenters. The molecule has 27 heavy (non-hydrogen) atoms. The Bertz CT molecular complexity index is 969. The quantitative estimate of drug-likeness (QED) is 0.658. The number of rotatable bonds is 4. The van der Waals surface area contributed by atoms with E-state index in [4.69, 9.17) is 0 Å². The molecule has 2 heterocycles. The molecule has 1 aromatic heterocycles. The lowest BCUT2D eigenvalue weighted by Gasteiger charge is -2.26. The second-order valence-corrected chi connectivity index (χ2v) is 7.64. The molecular weight excluding hydrogens is 366 g/mol. The van der Waals surface area contributed by atoms with Gasteiger partial charge in [0.05, 0.1) is 12.2 Å². The molecule has 138 valence electrons. The lowest BCUT2D eigenvalue weighted by molar-refractivity contribution is -0.132. The third-order valence-corrected chi connectivity index (χ3v) is 5.84. The van der Waals surface area contributed by atoms with Crippen molar-refractivity contribution in [3.63, 3.8) is 0 Å². The average Bonchev–Trinajstić information content (AvgIpc) is 3.10. The molecule has 6 heteroatoms. The van der Waals surface area contributed by atoms with Crippen LogP contribution in [0, 0.1) is 11.6 Å². The number of benzene rings is 2. The van der Waals surface area contributed by atoms with Crippen molar-refractivity contribution in [1.82, 2.24) is 9.88 Å². The summed E-state index contributed by atoms with van der Waals surface area (Å²) in [6.07, 6.45) is 1.66. The summed E-state index contributed by atoms with van der Waals surface area (Å²) >= 11 is 1.45. The topological polar surface area (TPSA) is 33.2 Å². The number of carbonyl (C=O) groups is 1. The van der Waals surface area contributed by atoms with E-state index in [1.54, 1.807) is 30.3 Å². The Balaban J connectivity index is 1.43. The summed E-state index contributed by atoms with van der Waals surface area (Å²) in [4.78, 5) is 20.0. The Hall–Kier alpha value is -2.60.